The number of para-hydroxylation sites is 1. The lowest BCUT2D eigenvalue weighted by atomic mass is 10.1. The highest BCUT2D eigenvalue weighted by molar-refractivity contribution is 7.99. The van der Waals surface area contributed by atoms with E-state index in [0.29, 0.717) is 29.8 Å². The van der Waals surface area contributed by atoms with E-state index in [1.165, 1.54) is 6.42 Å². The van der Waals surface area contributed by atoms with E-state index in [1.54, 1.807) is 28.8 Å². The van der Waals surface area contributed by atoms with Gasteiger partial charge in [-0.3, -0.25) is 9.47 Å². The zero-order valence-electron chi connectivity index (χ0n) is 15.3. The summed E-state index contributed by atoms with van der Waals surface area (Å²) in [6.07, 6.45) is 3.36. The van der Waals surface area contributed by atoms with Gasteiger partial charge in [0.15, 0.2) is 17.5 Å². The zero-order chi connectivity index (χ0) is 20.4. The molecule has 29 heavy (non-hydrogen) atoms. The van der Waals surface area contributed by atoms with Gasteiger partial charge < -0.3 is 0 Å². The van der Waals surface area contributed by atoms with Crippen LogP contribution < -0.4 is 0 Å². The zero-order valence-corrected chi connectivity index (χ0v) is 16.1. The summed E-state index contributed by atoms with van der Waals surface area (Å²) in [5.41, 5.74) is 0.683. The van der Waals surface area contributed by atoms with Crippen molar-refractivity contribution >= 4 is 11.8 Å². The normalized spacial score (nSPS) is 15.0. The lowest BCUT2D eigenvalue weighted by molar-refractivity contribution is 0.214. The second kappa shape index (κ2) is 8.50. The van der Waals surface area contributed by atoms with Gasteiger partial charge in [-0.2, -0.15) is 13.8 Å². The Kier molecular flexibility index (Phi) is 5.81. The molecule has 2 aromatic heterocycles. The lowest BCUT2D eigenvalue weighted by Gasteiger charge is -2.26. The van der Waals surface area contributed by atoms with E-state index in [2.05, 4.69) is 20.1 Å². The largest absolute Gasteiger partial charge is 0.296 e. The molecule has 4 rings (SSSR count). The first-order chi connectivity index (χ1) is 14.0. The van der Waals surface area contributed by atoms with Crippen LogP contribution in [0, 0.1) is 23.5 Å². The van der Waals surface area contributed by atoms with Crippen molar-refractivity contribution in [2.24, 2.45) is 0 Å². The molecule has 3 heterocycles. The number of rotatable bonds is 5. The Morgan fingerprint density at radius 3 is 2.17 bits per heavy atom. The van der Waals surface area contributed by atoms with Crippen LogP contribution in [0.25, 0.3) is 5.69 Å². The van der Waals surface area contributed by atoms with Crippen LogP contribution in [0.15, 0.2) is 40.4 Å². The number of piperidine rings is 1. The predicted molar refractivity (Wildman–Crippen MR) is 98.7 cm³/mol. The molecule has 1 aliphatic rings. The third-order valence-electron chi connectivity index (χ3n) is 4.68. The third kappa shape index (κ3) is 4.13. The fraction of sp³-hybridized carbons (Fsp3) is 0.316. The van der Waals surface area contributed by atoms with Gasteiger partial charge in [-0.05, 0) is 49.8 Å². The molecular weight excluding hydrogens is 406 g/mol. The number of nitrogens with zero attached hydrogens (tertiary/aromatic N) is 5. The molecule has 1 fully saturated rings. The molecule has 1 aromatic carbocycles. The van der Waals surface area contributed by atoms with Gasteiger partial charge in [0.2, 0.25) is 5.16 Å². The van der Waals surface area contributed by atoms with E-state index < -0.39 is 28.4 Å². The van der Waals surface area contributed by atoms with Gasteiger partial charge in [0.05, 0.1) is 11.4 Å². The molecule has 10 heteroatoms. The fourth-order valence-electron chi connectivity index (χ4n) is 3.27. The second-order valence-electron chi connectivity index (χ2n) is 6.66. The monoisotopic (exact) mass is 423 g/mol. The van der Waals surface area contributed by atoms with Crippen molar-refractivity contribution in [1.82, 2.24) is 24.6 Å². The van der Waals surface area contributed by atoms with Crippen LogP contribution in [0.5, 0.6) is 0 Å². The van der Waals surface area contributed by atoms with E-state index in [9.17, 15) is 17.6 Å². The molecule has 1 saturated heterocycles. The topological polar surface area (TPSA) is 46.8 Å². The summed E-state index contributed by atoms with van der Waals surface area (Å²) in [5.74, 6) is -5.95. The molecule has 0 aliphatic carbocycles. The highest BCUT2D eigenvalue weighted by Gasteiger charge is 2.25. The van der Waals surface area contributed by atoms with E-state index in [0.717, 1.165) is 25.9 Å². The minimum atomic E-state index is -1.70. The molecule has 3 aromatic rings. The van der Waals surface area contributed by atoms with E-state index in [4.69, 9.17) is 0 Å². The van der Waals surface area contributed by atoms with Gasteiger partial charge in [0.1, 0.15) is 0 Å². The summed E-state index contributed by atoms with van der Waals surface area (Å²) >= 11 is 0.474. The van der Waals surface area contributed by atoms with Crippen molar-refractivity contribution in [2.75, 3.05) is 13.1 Å². The lowest BCUT2D eigenvalue weighted by Crippen LogP contribution is -2.30. The first-order valence-electron chi connectivity index (χ1n) is 9.14. The molecule has 5 nitrogen and oxygen atoms in total. The first-order valence-corrected chi connectivity index (χ1v) is 9.96. The van der Waals surface area contributed by atoms with Crippen molar-refractivity contribution in [3.8, 4) is 5.69 Å². The number of likely N-dealkylation sites (tertiary alicyclic amines) is 1. The Bertz CT molecular complexity index is 979. The van der Waals surface area contributed by atoms with Crippen LogP contribution in [0.3, 0.4) is 0 Å². The SMILES string of the molecule is Fc1nc(F)c(F)c(Sc2nnc(CN3CCCCC3)n2-c2ccccc2)c1F. The number of hydrogen-bond acceptors (Lipinski definition) is 5. The highest BCUT2D eigenvalue weighted by atomic mass is 32.2. The van der Waals surface area contributed by atoms with Crippen LogP contribution in [-0.2, 0) is 6.54 Å². The van der Waals surface area contributed by atoms with Crippen LogP contribution in [0.4, 0.5) is 17.6 Å². The Morgan fingerprint density at radius 2 is 1.52 bits per heavy atom. The highest BCUT2D eigenvalue weighted by Crippen LogP contribution is 2.34. The molecular formula is C19H17F4N5S. The quantitative estimate of drug-likeness (QED) is 0.451. The molecule has 0 N–H and O–H groups in total. The number of aromatic nitrogens is 4. The number of benzene rings is 1. The Morgan fingerprint density at radius 1 is 0.862 bits per heavy atom. The van der Waals surface area contributed by atoms with Gasteiger partial charge >= 0.3 is 0 Å². The maximum absolute atomic E-state index is 14.1. The molecule has 0 atom stereocenters. The summed E-state index contributed by atoms with van der Waals surface area (Å²) in [7, 11) is 0. The molecule has 0 bridgehead atoms. The summed E-state index contributed by atoms with van der Waals surface area (Å²) in [5, 5.41) is 8.34. The van der Waals surface area contributed by atoms with E-state index in [-0.39, 0.29) is 5.16 Å². The van der Waals surface area contributed by atoms with Crippen molar-refractivity contribution in [3.05, 3.63) is 59.7 Å². The van der Waals surface area contributed by atoms with Gasteiger partial charge in [0, 0.05) is 5.69 Å². The Balaban J connectivity index is 1.74. The summed E-state index contributed by atoms with van der Waals surface area (Å²) in [6.45, 7) is 2.36. The standard InChI is InChI=1S/C19H17F4N5S/c20-14-16(15(21)18(23)24-17(14)22)29-19-26-25-13(11-27-9-5-2-6-10-27)28(19)12-7-3-1-4-8-12/h1,3-4,7-8H,2,5-6,9-11H2. The molecule has 0 radical (unpaired) electrons. The summed E-state index contributed by atoms with van der Waals surface area (Å²) in [6, 6.07) is 9.04. The fourth-order valence-corrected chi connectivity index (χ4v) is 4.19. The molecule has 0 unspecified atom stereocenters. The number of pyridine rings is 1. The van der Waals surface area contributed by atoms with E-state index >= 15 is 0 Å². The average molecular weight is 423 g/mol. The first kappa shape index (κ1) is 19.8. The van der Waals surface area contributed by atoms with Crippen LogP contribution >= 0.6 is 11.8 Å². The molecule has 1 aliphatic heterocycles. The van der Waals surface area contributed by atoms with Crippen molar-refractivity contribution in [2.45, 2.75) is 35.9 Å². The summed E-state index contributed by atoms with van der Waals surface area (Å²) < 4.78 is 56.9. The third-order valence-corrected chi connectivity index (χ3v) is 5.69. The maximum atomic E-state index is 14.1. The van der Waals surface area contributed by atoms with Gasteiger partial charge in [-0.1, -0.05) is 24.6 Å². The molecule has 0 spiro atoms. The van der Waals surface area contributed by atoms with Crippen LogP contribution in [-0.4, -0.2) is 37.7 Å². The second-order valence-corrected chi connectivity index (χ2v) is 7.64. The van der Waals surface area contributed by atoms with E-state index in [1.807, 2.05) is 6.07 Å². The molecule has 0 saturated carbocycles. The molecule has 0 amide bonds. The number of hydrogen-bond donors (Lipinski definition) is 0. The van der Waals surface area contributed by atoms with Crippen molar-refractivity contribution in [1.29, 1.82) is 0 Å². The van der Waals surface area contributed by atoms with Gasteiger partial charge in [0.25, 0.3) is 11.9 Å². The van der Waals surface area contributed by atoms with Gasteiger partial charge in [-0.15, -0.1) is 10.2 Å². The summed E-state index contributed by atoms with van der Waals surface area (Å²) in [4.78, 5) is 3.98. The minimum absolute atomic E-state index is 0.103. The maximum Gasteiger partial charge on any atom is 0.252 e. The van der Waals surface area contributed by atoms with Crippen molar-refractivity contribution < 1.29 is 17.6 Å². The number of halogens is 4. The molecule has 152 valence electrons. The van der Waals surface area contributed by atoms with Crippen molar-refractivity contribution in [3.63, 3.8) is 0 Å². The smallest absolute Gasteiger partial charge is 0.252 e. The van der Waals surface area contributed by atoms with Crippen LogP contribution in [0.2, 0.25) is 0 Å². The average Bonchev–Trinajstić information content (AvgIpc) is 3.13. The Hall–Kier alpha value is -2.46. The predicted octanol–water partition coefficient (Wildman–Crippen LogP) is 4.36. The Labute approximate surface area is 168 Å². The minimum Gasteiger partial charge on any atom is -0.296 e. The van der Waals surface area contributed by atoms with Crippen LogP contribution in [0.1, 0.15) is 25.1 Å². The van der Waals surface area contributed by atoms with Gasteiger partial charge in [-0.25, -0.2) is 8.78 Å².